The third-order valence-corrected chi connectivity index (χ3v) is 6.23. The van der Waals surface area contributed by atoms with Gasteiger partial charge in [0, 0.05) is 0 Å². The molecule has 0 radical (unpaired) electrons. The molecule has 1 fully saturated rings. The Labute approximate surface area is 101 Å². The predicted molar refractivity (Wildman–Crippen MR) is 70.3 cm³/mol. The van der Waals surface area contributed by atoms with Crippen LogP contribution in [0, 0.1) is 10.8 Å². The maximum absolute atomic E-state index is 10.9. The minimum absolute atomic E-state index is 0.296. The lowest BCUT2D eigenvalue weighted by Gasteiger charge is -2.67. The zero-order chi connectivity index (χ0) is 13.2. The van der Waals surface area contributed by atoms with Gasteiger partial charge >= 0.3 is 0 Å². The number of hydrogen-bond donors (Lipinski definition) is 2. The SMILES string of the molecule is BC1(C)C(C)(C)C(C)(O)CC(C)(C)C1(C)O. The lowest BCUT2D eigenvalue weighted by molar-refractivity contribution is -0.231. The second-order valence-corrected chi connectivity index (χ2v) is 7.66. The minimum atomic E-state index is -0.800. The fourth-order valence-corrected chi connectivity index (χ4v) is 3.38. The molecule has 94 valence electrons. The van der Waals surface area contributed by atoms with Crippen molar-refractivity contribution in [2.45, 2.75) is 71.4 Å². The summed E-state index contributed by atoms with van der Waals surface area (Å²) in [5, 5.41) is 21.2. The Morgan fingerprint density at radius 2 is 1.25 bits per heavy atom. The van der Waals surface area contributed by atoms with Gasteiger partial charge in [0.25, 0.3) is 0 Å². The molecule has 0 aliphatic heterocycles. The van der Waals surface area contributed by atoms with Crippen LogP contribution in [0.4, 0.5) is 0 Å². The van der Waals surface area contributed by atoms with Gasteiger partial charge in [0.15, 0.2) is 0 Å². The zero-order valence-corrected chi connectivity index (χ0v) is 12.1. The van der Waals surface area contributed by atoms with Crippen LogP contribution in [0.3, 0.4) is 0 Å². The first-order valence-corrected chi connectivity index (χ1v) is 6.15. The van der Waals surface area contributed by atoms with Crippen molar-refractivity contribution in [3.63, 3.8) is 0 Å². The molecule has 0 amide bonds. The van der Waals surface area contributed by atoms with E-state index in [1.165, 1.54) is 0 Å². The molecule has 3 unspecified atom stereocenters. The summed E-state index contributed by atoms with van der Waals surface area (Å²) in [6, 6.07) is 0. The largest absolute Gasteiger partial charge is 0.390 e. The second-order valence-electron chi connectivity index (χ2n) is 7.66. The molecule has 0 aromatic rings. The van der Waals surface area contributed by atoms with E-state index in [0.717, 1.165) is 0 Å². The molecule has 0 saturated heterocycles. The number of rotatable bonds is 0. The van der Waals surface area contributed by atoms with Gasteiger partial charge in [-0.15, -0.1) is 0 Å². The topological polar surface area (TPSA) is 40.5 Å². The van der Waals surface area contributed by atoms with Crippen molar-refractivity contribution < 1.29 is 10.2 Å². The quantitative estimate of drug-likeness (QED) is 0.618. The molecule has 3 atom stereocenters. The highest BCUT2D eigenvalue weighted by Gasteiger charge is 2.66. The normalized spacial score (nSPS) is 51.3. The minimum Gasteiger partial charge on any atom is -0.390 e. The smallest absolute Gasteiger partial charge is 0.113 e. The van der Waals surface area contributed by atoms with E-state index in [1.54, 1.807) is 0 Å². The van der Waals surface area contributed by atoms with Crippen LogP contribution in [-0.4, -0.2) is 29.3 Å². The highest BCUT2D eigenvalue weighted by molar-refractivity contribution is 6.16. The lowest BCUT2D eigenvalue weighted by atomic mass is 9.35. The first-order valence-electron chi connectivity index (χ1n) is 6.15. The molecule has 0 spiro atoms. The van der Waals surface area contributed by atoms with Crippen molar-refractivity contribution in [2.75, 3.05) is 0 Å². The molecule has 1 aliphatic rings. The average Bonchev–Trinajstić information content (AvgIpc) is 1.98. The van der Waals surface area contributed by atoms with Crippen molar-refractivity contribution in [3.05, 3.63) is 0 Å². The molecule has 0 bridgehead atoms. The molecular weight excluding hydrogens is 199 g/mol. The Kier molecular flexibility index (Phi) is 2.68. The lowest BCUT2D eigenvalue weighted by Crippen LogP contribution is -2.68. The number of aliphatic hydroxyl groups is 2. The van der Waals surface area contributed by atoms with Gasteiger partial charge in [0.2, 0.25) is 0 Å². The monoisotopic (exact) mass is 226 g/mol. The van der Waals surface area contributed by atoms with E-state index in [-0.39, 0.29) is 16.1 Å². The Morgan fingerprint density at radius 1 is 0.875 bits per heavy atom. The summed E-state index contributed by atoms with van der Waals surface area (Å²) in [7, 11) is 2.06. The van der Waals surface area contributed by atoms with Crippen molar-refractivity contribution in [1.82, 2.24) is 0 Å². The Balaban J connectivity index is 3.43. The summed E-state index contributed by atoms with van der Waals surface area (Å²) in [5.74, 6) is 0. The van der Waals surface area contributed by atoms with Gasteiger partial charge in [-0.3, -0.25) is 0 Å². The first-order chi connectivity index (χ1) is 6.71. The van der Waals surface area contributed by atoms with Crippen LogP contribution in [0.2, 0.25) is 5.31 Å². The predicted octanol–water partition coefficient (Wildman–Crippen LogP) is 1.76. The molecular formula is C13H27BO2. The highest BCUT2D eigenvalue weighted by atomic mass is 16.3. The maximum Gasteiger partial charge on any atom is 0.113 e. The molecule has 3 heteroatoms. The van der Waals surface area contributed by atoms with Crippen LogP contribution in [0.25, 0.3) is 0 Å². The van der Waals surface area contributed by atoms with Gasteiger partial charge in [0.1, 0.15) is 7.85 Å². The van der Waals surface area contributed by atoms with Crippen molar-refractivity contribution >= 4 is 7.85 Å². The van der Waals surface area contributed by atoms with Gasteiger partial charge in [-0.1, -0.05) is 34.6 Å². The molecule has 1 rings (SSSR count). The van der Waals surface area contributed by atoms with Gasteiger partial charge in [-0.05, 0) is 36.4 Å². The fraction of sp³-hybridized carbons (Fsp3) is 1.00. The summed E-state index contributed by atoms with van der Waals surface area (Å²) in [4.78, 5) is 0. The highest BCUT2D eigenvalue weighted by Crippen LogP contribution is 2.67. The van der Waals surface area contributed by atoms with Gasteiger partial charge in [-0.2, -0.15) is 0 Å². The maximum atomic E-state index is 10.9. The van der Waals surface area contributed by atoms with E-state index in [1.807, 2.05) is 27.7 Å². The Bertz CT molecular complexity index is 273. The summed E-state index contributed by atoms with van der Waals surface area (Å²) in [6.07, 6.45) is 0.615. The van der Waals surface area contributed by atoms with Crippen molar-refractivity contribution in [3.8, 4) is 0 Å². The van der Waals surface area contributed by atoms with Crippen LogP contribution in [0.1, 0.15) is 54.9 Å². The molecule has 1 aliphatic carbocycles. The van der Waals surface area contributed by atoms with Crippen LogP contribution < -0.4 is 0 Å². The third kappa shape index (κ3) is 1.34. The first kappa shape index (κ1) is 14.0. The average molecular weight is 226 g/mol. The summed E-state index contributed by atoms with van der Waals surface area (Å²) in [5.41, 5.74) is -2.19. The van der Waals surface area contributed by atoms with Crippen molar-refractivity contribution in [1.29, 1.82) is 0 Å². The van der Waals surface area contributed by atoms with Crippen molar-refractivity contribution in [2.24, 2.45) is 10.8 Å². The van der Waals surface area contributed by atoms with Crippen LogP contribution >= 0.6 is 0 Å². The standard InChI is InChI=1S/C13H27BO2/c1-9(2)8-11(5,15)10(3,4)12(6,14)13(9,7)16/h15-16H,8,14H2,1-7H3. The van der Waals surface area contributed by atoms with Crippen LogP contribution in [-0.2, 0) is 0 Å². The van der Waals surface area contributed by atoms with E-state index < -0.39 is 11.2 Å². The third-order valence-electron chi connectivity index (χ3n) is 6.23. The molecule has 2 N–H and O–H groups in total. The second kappa shape index (κ2) is 3.05. The van der Waals surface area contributed by atoms with Gasteiger partial charge in [0.05, 0.1) is 11.2 Å². The fourth-order valence-electron chi connectivity index (χ4n) is 3.38. The molecule has 2 nitrogen and oxygen atoms in total. The summed E-state index contributed by atoms with van der Waals surface area (Å²) >= 11 is 0. The van der Waals surface area contributed by atoms with Crippen LogP contribution in [0.5, 0.6) is 0 Å². The van der Waals surface area contributed by atoms with Gasteiger partial charge < -0.3 is 10.2 Å². The molecule has 0 aromatic carbocycles. The molecule has 0 heterocycles. The summed E-state index contributed by atoms with van der Waals surface area (Å²) in [6.45, 7) is 14.0. The van der Waals surface area contributed by atoms with E-state index >= 15 is 0 Å². The molecule has 0 aromatic heterocycles. The Hall–Kier alpha value is -0.0151. The molecule has 1 saturated carbocycles. The van der Waals surface area contributed by atoms with E-state index in [9.17, 15) is 10.2 Å². The zero-order valence-electron chi connectivity index (χ0n) is 12.1. The Morgan fingerprint density at radius 3 is 1.62 bits per heavy atom. The van der Waals surface area contributed by atoms with Crippen LogP contribution in [0.15, 0.2) is 0 Å². The van der Waals surface area contributed by atoms with E-state index in [0.29, 0.717) is 6.42 Å². The van der Waals surface area contributed by atoms with E-state index in [4.69, 9.17) is 0 Å². The summed E-state index contributed by atoms with van der Waals surface area (Å²) < 4.78 is 0. The molecule has 16 heavy (non-hydrogen) atoms. The van der Waals surface area contributed by atoms with E-state index in [2.05, 4.69) is 28.6 Å². The van der Waals surface area contributed by atoms with Gasteiger partial charge in [-0.25, -0.2) is 0 Å². The number of hydrogen-bond acceptors (Lipinski definition) is 2.